The van der Waals surface area contributed by atoms with Gasteiger partial charge in [-0.25, -0.2) is 0 Å². The number of halogens is 1. The van der Waals surface area contributed by atoms with Gasteiger partial charge in [-0.2, -0.15) is 0 Å². The molecule has 1 aliphatic heterocycles. The topological polar surface area (TPSA) is 15.3 Å². The third-order valence-electron chi connectivity index (χ3n) is 3.70. The van der Waals surface area contributed by atoms with Crippen LogP contribution in [0.4, 0.5) is 0 Å². The zero-order valence-electron chi connectivity index (χ0n) is 11.1. The van der Waals surface area contributed by atoms with Gasteiger partial charge in [-0.15, -0.1) is 11.3 Å². The van der Waals surface area contributed by atoms with Crippen LogP contribution in [0.5, 0.6) is 0 Å². The van der Waals surface area contributed by atoms with Crippen molar-refractivity contribution in [2.75, 3.05) is 26.2 Å². The molecule has 2 heterocycles. The van der Waals surface area contributed by atoms with Crippen LogP contribution in [-0.4, -0.2) is 37.1 Å². The molecule has 1 saturated heterocycles. The molecule has 1 N–H and O–H groups in total. The Morgan fingerprint density at radius 3 is 3.00 bits per heavy atom. The van der Waals surface area contributed by atoms with Crippen LogP contribution in [0.2, 0.25) is 0 Å². The molecule has 0 aromatic carbocycles. The Labute approximate surface area is 123 Å². The van der Waals surface area contributed by atoms with Crippen molar-refractivity contribution in [3.05, 3.63) is 20.8 Å². The summed E-state index contributed by atoms with van der Waals surface area (Å²) in [5.41, 5.74) is 0. The summed E-state index contributed by atoms with van der Waals surface area (Å²) in [6.07, 6.45) is 5.15. The Kier molecular flexibility index (Phi) is 6.15. The van der Waals surface area contributed by atoms with Gasteiger partial charge in [-0.1, -0.05) is 6.92 Å². The van der Waals surface area contributed by atoms with Crippen LogP contribution >= 0.6 is 27.3 Å². The Morgan fingerprint density at radius 1 is 1.39 bits per heavy atom. The standard InChI is InChI=1S/C14H23BrN2S/c1-2-17-10-3-4-12(8-11-17)16-9-7-13-5-6-14(15)18-13/h5-6,12,16H,2-4,7-11H2,1H3. The van der Waals surface area contributed by atoms with E-state index in [0.29, 0.717) is 0 Å². The van der Waals surface area contributed by atoms with Crippen molar-refractivity contribution < 1.29 is 0 Å². The number of nitrogens with one attached hydrogen (secondary N) is 1. The molecule has 0 amide bonds. The molecule has 1 fully saturated rings. The quantitative estimate of drug-likeness (QED) is 0.888. The lowest BCUT2D eigenvalue weighted by molar-refractivity contribution is 0.297. The predicted octanol–water partition coefficient (Wildman–Crippen LogP) is 3.52. The first-order valence-electron chi connectivity index (χ1n) is 6.98. The maximum absolute atomic E-state index is 3.73. The number of rotatable bonds is 5. The second-order valence-electron chi connectivity index (χ2n) is 4.97. The van der Waals surface area contributed by atoms with E-state index in [1.807, 2.05) is 11.3 Å². The van der Waals surface area contributed by atoms with Crippen LogP contribution in [-0.2, 0) is 6.42 Å². The lowest BCUT2D eigenvalue weighted by atomic mass is 10.1. The van der Waals surface area contributed by atoms with Gasteiger partial charge in [-0.05, 0) is 73.4 Å². The highest BCUT2D eigenvalue weighted by Gasteiger charge is 2.15. The van der Waals surface area contributed by atoms with Crippen LogP contribution in [0.15, 0.2) is 15.9 Å². The molecule has 2 nitrogen and oxygen atoms in total. The van der Waals surface area contributed by atoms with E-state index in [4.69, 9.17) is 0 Å². The average Bonchev–Trinajstić information content (AvgIpc) is 2.65. The van der Waals surface area contributed by atoms with E-state index in [1.54, 1.807) is 0 Å². The second-order valence-corrected chi connectivity index (χ2v) is 7.52. The van der Waals surface area contributed by atoms with E-state index >= 15 is 0 Å². The number of likely N-dealkylation sites (tertiary alicyclic amines) is 1. The van der Waals surface area contributed by atoms with Crippen molar-refractivity contribution in [1.29, 1.82) is 0 Å². The number of hydrogen-bond acceptors (Lipinski definition) is 3. The molecule has 0 spiro atoms. The number of nitrogens with zero attached hydrogens (tertiary/aromatic N) is 1. The van der Waals surface area contributed by atoms with Crippen molar-refractivity contribution in [3.63, 3.8) is 0 Å². The maximum atomic E-state index is 3.73. The van der Waals surface area contributed by atoms with Gasteiger partial charge in [-0.3, -0.25) is 0 Å². The number of thiophene rings is 1. The summed E-state index contributed by atoms with van der Waals surface area (Å²) in [5, 5.41) is 3.73. The first kappa shape index (κ1) is 14.5. The molecule has 0 radical (unpaired) electrons. The summed E-state index contributed by atoms with van der Waals surface area (Å²) < 4.78 is 1.24. The second kappa shape index (κ2) is 7.63. The van der Waals surface area contributed by atoms with Crippen LogP contribution in [0.25, 0.3) is 0 Å². The summed E-state index contributed by atoms with van der Waals surface area (Å²) in [4.78, 5) is 4.04. The summed E-state index contributed by atoms with van der Waals surface area (Å²) in [6.45, 7) is 7.13. The van der Waals surface area contributed by atoms with E-state index in [0.717, 1.165) is 19.0 Å². The van der Waals surface area contributed by atoms with Crippen molar-refractivity contribution in [2.45, 2.75) is 38.6 Å². The third kappa shape index (κ3) is 4.65. The van der Waals surface area contributed by atoms with E-state index < -0.39 is 0 Å². The molecule has 1 aliphatic rings. The Balaban J connectivity index is 1.67. The Morgan fingerprint density at radius 2 is 2.28 bits per heavy atom. The van der Waals surface area contributed by atoms with Crippen LogP contribution in [0.3, 0.4) is 0 Å². The molecule has 0 saturated carbocycles. The van der Waals surface area contributed by atoms with Gasteiger partial charge < -0.3 is 10.2 Å². The zero-order chi connectivity index (χ0) is 12.8. The fourth-order valence-electron chi connectivity index (χ4n) is 2.56. The van der Waals surface area contributed by atoms with Crippen molar-refractivity contribution in [3.8, 4) is 0 Å². The van der Waals surface area contributed by atoms with Crippen molar-refractivity contribution in [1.82, 2.24) is 10.2 Å². The SMILES string of the molecule is CCN1CCCC(NCCc2ccc(Br)s2)CC1. The fraction of sp³-hybridized carbons (Fsp3) is 0.714. The first-order valence-corrected chi connectivity index (χ1v) is 8.59. The molecular formula is C14H23BrN2S. The van der Waals surface area contributed by atoms with E-state index in [9.17, 15) is 0 Å². The minimum absolute atomic E-state index is 0.727. The average molecular weight is 331 g/mol. The van der Waals surface area contributed by atoms with Crippen molar-refractivity contribution in [2.24, 2.45) is 0 Å². The van der Waals surface area contributed by atoms with E-state index in [2.05, 4.69) is 45.2 Å². The zero-order valence-corrected chi connectivity index (χ0v) is 13.5. The highest BCUT2D eigenvalue weighted by atomic mass is 79.9. The molecular weight excluding hydrogens is 308 g/mol. The minimum Gasteiger partial charge on any atom is -0.314 e. The molecule has 0 bridgehead atoms. The summed E-state index contributed by atoms with van der Waals surface area (Å²) in [6, 6.07) is 5.09. The van der Waals surface area contributed by atoms with Gasteiger partial charge in [0.2, 0.25) is 0 Å². The van der Waals surface area contributed by atoms with E-state index in [-0.39, 0.29) is 0 Å². The molecule has 102 valence electrons. The predicted molar refractivity (Wildman–Crippen MR) is 83.5 cm³/mol. The maximum Gasteiger partial charge on any atom is 0.0701 e. The first-order chi connectivity index (χ1) is 8.78. The van der Waals surface area contributed by atoms with E-state index in [1.165, 1.54) is 47.6 Å². The largest absolute Gasteiger partial charge is 0.314 e. The lowest BCUT2D eigenvalue weighted by Gasteiger charge is -2.18. The lowest BCUT2D eigenvalue weighted by Crippen LogP contribution is -2.32. The molecule has 2 rings (SSSR count). The molecule has 1 unspecified atom stereocenters. The van der Waals surface area contributed by atoms with Gasteiger partial charge in [0.25, 0.3) is 0 Å². The summed E-state index contributed by atoms with van der Waals surface area (Å²) in [7, 11) is 0. The van der Waals surface area contributed by atoms with Crippen molar-refractivity contribution >= 4 is 27.3 Å². The minimum atomic E-state index is 0.727. The normalized spacial score (nSPS) is 22.0. The Hall–Kier alpha value is 0.1000. The highest BCUT2D eigenvalue weighted by molar-refractivity contribution is 9.11. The smallest absolute Gasteiger partial charge is 0.0701 e. The fourth-order valence-corrected chi connectivity index (χ4v) is 4.04. The monoisotopic (exact) mass is 330 g/mol. The van der Waals surface area contributed by atoms with Gasteiger partial charge in [0.15, 0.2) is 0 Å². The van der Waals surface area contributed by atoms with Gasteiger partial charge in [0, 0.05) is 17.5 Å². The molecule has 4 heteroatoms. The molecule has 0 aliphatic carbocycles. The van der Waals surface area contributed by atoms with Gasteiger partial charge in [0.1, 0.15) is 0 Å². The third-order valence-corrected chi connectivity index (χ3v) is 5.38. The Bertz CT molecular complexity index is 353. The van der Waals surface area contributed by atoms with Gasteiger partial charge in [0.05, 0.1) is 3.79 Å². The molecule has 18 heavy (non-hydrogen) atoms. The summed E-state index contributed by atoms with van der Waals surface area (Å²) in [5.74, 6) is 0. The molecule has 1 aromatic rings. The van der Waals surface area contributed by atoms with Crippen LogP contribution in [0.1, 0.15) is 31.1 Å². The summed E-state index contributed by atoms with van der Waals surface area (Å²) >= 11 is 5.37. The molecule has 1 aromatic heterocycles. The van der Waals surface area contributed by atoms with Gasteiger partial charge >= 0.3 is 0 Å². The highest BCUT2D eigenvalue weighted by Crippen LogP contribution is 2.22. The molecule has 1 atom stereocenters. The van der Waals surface area contributed by atoms with Crippen LogP contribution in [0, 0.1) is 0 Å². The van der Waals surface area contributed by atoms with Crippen LogP contribution < -0.4 is 5.32 Å². The number of hydrogen-bond donors (Lipinski definition) is 1.